The quantitative estimate of drug-likeness (QED) is 0.878. The molecular formula is C17H23NO. The van der Waals surface area contributed by atoms with Crippen LogP contribution in [-0.2, 0) is 11.2 Å². The van der Waals surface area contributed by atoms with Gasteiger partial charge in [0.25, 0.3) is 0 Å². The fourth-order valence-electron chi connectivity index (χ4n) is 3.69. The van der Waals surface area contributed by atoms with E-state index in [0.717, 1.165) is 12.8 Å². The molecule has 0 radical (unpaired) electrons. The van der Waals surface area contributed by atoms with Crippen molar-refractivity contribution in [1.82, 2.24) is 5.32 Å². The van der Waals surface area contributed by atoms with E-state index in [1.54, 1.807) is 0 Å². The predicted octanol–water partition coefficient (Wildman–Crippen LogP) is 3.11. The third-order valence-corrected chi connectivity index (χ3v) is 4.62. The molecule has 0 saturated carbocycles. The zero-order valence-corrected chi connectivity index (χ0v) is 11.5. The molecule has 0 aliphatic carbocycles. The Morgan fingerprint density at radius 2 is 1.79 bits per heavy atom. The van der Waals surface area contributed by atoms with Crippen LogP contribution in [0.15, 0.2) is 30.3 Å². The van der Waals surface area contributed by atoms with Crippen molar-refractivity contribution in [1.29, 1.82) is 0 Å². The second kappa shape index (κ2) is 5.87. The highest BCUT2D eigenvalue weighted by Gasteiger charge is 2.33. The monoisotopic (exact) mass is 257 g/mol. The van der Waals surface area contributed by atoms with E-state index in [0.29, 0.717) is 30.2 Å². The number of piperidine rings is 1. The molecule has 2 nitrogen and oxygen atoms in total. The standard InChI is InChI=1S/C17H23NO/c19-17(9-6-13-4-2-1-3-5-13)12-14-10-15-7-8-16(11-14)18-15/h1-5,14-16,18H,6-12H2. The highest BCUT2D eigenvalue weighted by atomic mass is 16.1. The number of fused-ring (bicyclic) bond motifs is 2. The van der Waals surface area contributed by atoms with Crippen molar-refractivity contribution in [2.45, 2.75) is 57.0 Å². The first-order valence-electron chi connectivity index (χ1n) is 7.61. The summed E-state index contributed by atoms with van der Waals surface area (Å²) in [5.41, 5.74) is 1.28. The molecule has 2 aliphatic rings. The van der Waals surface area contributed by atoms with Crippen LogP contribution < -0.4 is 5.32 Å². The zero-order valence-electron chi connectivity index (χ0n) is 11.5. The number of nitrogens with one attached hydrogen (secondary N) is 1. The normalized spacial score (nSPS) is 29.4. The van der Waals surface area contributed by atoms with Gasteiger partial charge in [-0.25, -0.2) is 0 Å². The molecule has 1 N–H and O–H groups in total. The molecule has 0 amide bonds. The summed E-state index contributed by atoms with van der Waals surface area (Å²) in [7, 11) is 0. The van der Waals surface area contributed by atoms with Crippen molar-refractivity contribution in [2.24, 2.45) is 5.92 Å². The fraction of sp³-hybridized carbons (Fsp3) is 0.588. The SMILES string of the molecule is O=C(CCc1ccccc1)CC1CC2CCC(C1)N2. The van der Waals surface area contributed by atoms with Gasteiger partial charge in [-0.1, -0.05) is 30.3 Å². The molecule has 2 heterocycles. The third-order valence-electron chi connectivity index (χ3n) is 4.62. The summed E-state index contributed by atoms with van der Waals surface area (Å²) < 4.78 is 0. The summed E-state index contributed by atoms with van der Waals surface area (Å²) in [5.74, 6) is 1.09. The topological polar surface area (TPSA) is 29.1 Å². The lowest BCUT2D eigenvalue weighted by Gasteiger charge is -2.28. The van der Waals surface area contributed by atoms with E-state index in [9.17, 15) is 4.79 Å². The lowest BCUT2D eigenvalue weighted by atomic mass is 9.87. The number of benzene rings is 1. The van der Waals surface area contributed by atoms with E-state index < -0.39 is 0 Å². The first-order valence-corrected chi connectivity index (χ1v) is 7.61. The van der Waals surface area contributed by atoms with Crippen molar-refractivity contribution in [3.63, 3.8) is 0 Å². The first-order chi connectivity index (χ1) is 9.29. The smallest absolute Gasteiger partial charge is 0.133 e. The average molecular weight is 257 g/mol. The van der Waals surface area contributed by atoms with Crippen LogP contribution in [0.2, 0.25) is 0 Å². The molecule has 2 aliphatic heterocycles. The van der Waals surface area contributed by atoms with Gasteiger partial charge in [-0.15, -0.1) is 0 Å². The molecule has 102 valence electrons. The molecule has 2 saturated heterocycles. The van der Waals surface area contributed by atoms with Crippen LogP contribution in [0.1, 0.15) is 44.1 Å². The van der Waals surface area contributed by atoms with E-state index in [-0.39, 0.29) is 0 Å². The molecule has 0 aromatic heterocycles. The van der Waals surface area contributed by atoms with Crippen LogP contribution in [0, 0.1) is 5.92 Å². The number of hydrogen-bond acceptors (Lipinski definition) is 2. The van der Waals surface area contributed by atoms with Crippen LogP contribution in [0.3, 0.4) is 0 Å². The number of ketones is 1. The van der Waals surface area contributed by atoms with Crippen LogP contribution in [0.25, 0.3) is 0 Å². The highest BCUT2D eigenvalue weighted by molar-refractivity contribution is 5.78. The van der Waals surface area contributed by atoms with Gasteiger partial charge in [-0.2, -0.15) is 0 Å². The summed E-state index contributed by atoms with van der Waals surface area (Å²) in [6.07, 6.45) is 7.49. The molecule has 2 bridgehead atoms. The Bertz CT molecular complexity index is 416. The average Bonchev–Trinajstić information content (AvgIpc) is 2.77. The lowest BCUT2D eigenvalue weighted by molar-refractivity contribution is -0.120. The van der Waals surface area contributed by atoms with Crippen molar-refractivity contribution in [3.8, 4) is 0 Å². The zero-order chi connectivity index (χ0) is 13.1. The molecule has 3 rings (SSSR count). The summed E-state index contributed by atoms with van der Waals surface area (Å²) >= 11 is 0. The van der Waals surface area contributed by atoms with Crippen LogP contribution in [-0.4, -0.2) is 17.9 Å². The molecule has 2 heteroatoms. The van der Waals surface area contributed by atoms with Gasteiger partial charge < -0.3 is 5.32 Å². The van der Waals surface area contributed by atoms with Crippen LogP contribution in [0.4, 0.5) is 0 Å². The largest absolute Gasteiger partial charge is 0.311 e. The maximum absolute atomic E-state index is 12.1. The van der Waals surface area contributed by atoms with E-state index in [2.05, 4.69) is 17.4 Å². The number of aryl methyl sites for hydroxylation is 1. The van der Waals surface area contributed by atoms with Crippen LogP contribution >= 0.6 is 0 Å². The van der Waals surface area contributed by atoms with Crippen LogP contribution in [0.5, 0.6) is 0 Å². The molecule has 1 aromatic rings. The van der Waals surface area contributed by atoms with Gasteiger partial charge in [0.05, 0.1) is 0 Å². The molecule has 19 heavy (non-hydrogen) atoms. The Kier molecular flexibility index (Phi) is 3.97. The number of carbonyl (C=O) groups excluding carboxylic acids is 1. The minimum absolute atomic E-state index is 0.454. The highest BCUT2D eigenvalue weighted by Crippen LogP contribution is 2.33. The van der Waals surface area contributed by atoms with E-state index in [1.807, 2.05) is 18.2 Å². The van der Waals surface area contributed by atoms with Gasteiger partial charge in [0.2, 0.25) is 0 Å². The van der Waals surface area contributed by atoms with Gasteiger partial charge in [-0.05, 0) is 43.6 Å². The Labute approximate surface area is 115 Å². The van der Waals surface area contributed by atoms with Gasteiger partial charge >= 0.3 is 0 Å². The molecule has 2 atom stereocenters. The van der Waals surface area contributed by atoms with Gasteiger partial charge in [-0.3, -0.25) is 4.79 Å². The maximum atomic E-state index is 12.1. The van der Waals surface area contributed by atoms with Gasteiger partial charge in [0, 0.05) is 24.9 Å². The van der Waals surface area contributed by atoms with Gasteiger partial charge in [0.1, 0.15) is 5.78 Å². The number of carbonyl (C=O) groups is 1. The molecule has 0 spiro atoms. The van der Waals surface area contributed by atoms with Crippen molar-refractivity contribution < 1.29 is 4.79 Å². The van der Waals surface area contributed by atoms with E-state index in [4.69, 9.17) is 0 Å². The summed E-state index contributed by atoms with van der Waals surface area (Å²) in [6.45, 7) is 0. The Hall–Kier alpha value is -1.15. The summed E-state index contributed by atoms with van der Waals surface area (Å²) in [6, 6.07) is 11.7. The minimum Gasteiger partial charge on any atom is -0.311 e. The summed E-state index contributed by atoms with van der Waals surface area (Å²) in [5, 5.41) is 3.64. The maximum Gasteiger partial charge on any atom is 0.133 e. The van der Waals surface area contributed by atoms with Gasteiger partial charge in [0.15, 0.2) is 0 Å². The fourth-order valence-corrected chi connectivity index (χ4v) is 3.69. The van der Waals surface area contributed by atoms with Crippen molar-refractivity contribution >= 4 is 5.78 Å². The second-order valence-electron chi connectivity index (χ2n) is 6.20. The minimum atomic E-state index is 0.454. The Morgan fingerprint density at radius 1 is 1.11 bits per heavy atom. The van der Waals surface area contributed by atoms with Crippen molar-refractivity contribution in [2.75, 3.05) is 0 Å². The Morgan fingerprint density at radius 3 is 2.47 bits per heavy atom. The first kappa shape index (κ1) is 12.9. The Balaban J connectivity index is 1.44. The van der Waals surface area contributed by atoms with E-state index >= 15 is 0 Å². The summed E-state index contributed by atoms with van der Waals surface area (Å²) in [4.78, 5) is 12.1. The number of rotatable bonds is 5. The molecule has 2 unspecified atom stereocenters. The van der Waals surface area contributed by atoms with E-state index in [1.165, 1.54) is 31.2 Å². The lowest BCUT2D eigenvalue weighted by Crippen LogP contribution is -2.38. The molecule has 1 aromatic carbocycles. The van der Waals surface area contributed by atoms with Crippen molar-refractivity contribution in [3.05, 3.63) is 35.9 Å². The number of hydrogen-bond donors (Lipinski definition) is 1. The number of Topliss-reactive ketones (excluding diaryl/α,β-unsaturated/α-hetero) is 1. The second-order valence-corrected chi connectivity index (χ2v) is 6.20. The predicted molar refractivity (Wildman–Crippen MR) is 77.1 cm³/mol. The molecular weight excluding hydrogens is 234 g/mol. The third kappa shape index (κ3) is 3.44. The molecule has 2 fully saturated rings.